The fourth-order valence-electron chi connectivity index (χ4n) is 3.88. The lowest BCUT2D eigenvalue weighted by Crippen LogP contribution is -2.34. The Morgan fingerprint density at radius 3 is 2.80 bits per heavy atom. The van der Waals surface area contributed by atoms with E-state index in [9.17, 15) is 4.79 Å². The quantitative estimate of drug-likeness (QED) is 0.784. The fraction of sp³-hybridized carbons (Fsp3) is 0.650. The van der Waals surface area contributed by atoms with Gasteiger partial charge in [-0.05, 0) is 75.6 Å². The lowest BCUT2D eigenvalue weighted by atomic mass is 9.85. The highest BCUT2D eigenvalue weighted by atomic mass is 35.5. The van der Waals surface area contributed by atoms with Crippen LogP contribution in [0.4, 0.5) is 5.69 Å². The zero-order valence-electron chi connectivity index (χ0n) is 15.1. The molecule has 2 N–H and O–H groups in total. The van der Waals surface area contributed by atoms with Gasteiger partial charge < -0.3 is 15.4 Å². The maximum Gasteiger partial charge on any atom is 0.224 e. The van der Waals surface area contributed by atoms with Crippen LogP contribution in [0.3, 0.4) is 0 Å². The number of carbonyl (C=O) groups is 1. The van der Waals surface area contributed by atoms with E-state index in [1.165, 1.54) is 25.7 Å². The van der Waals surface area contributed by atoms with E-state index in [1.807, 2.05) is 24.3 Å². The Kier molecular flexibility index (Phi) is 8.04. The van der Waals surface area contributed by atoms with Crippen LogP contribution in [0.15, 0.2) is 24.3 Å². The Morgan fingerprint density at radius 1 is 1.28 bits per heavy atom. The highest BCUT2D eigenvalue weighted by Crippen LogP contribution is 2.26. The molecule has 1 heterocycles. The number of halogens is 1. The summed E-state index contributed by atoms with van der Waals surface area (Å²) in [6.45, 7) is 4.35. The van der Waals surface area contributed by atoms with Crippen molar-refractivity contribution in [3.8, 4) is 5.75 Å². The van der Waals surface area contributed by atoms with Gasteiger partial charge in [0.2, 0.25) is 5.91 Å². The molecule has 25 heavy (non-hydrogen) atoms. The van der Waals surface area contributed by atoms with Crippen LogP contribution in [0.1, 0.15) is 51.9 Å². The first kappa shape index (κ1) is 20.1. The molecule has 1 saturated heterocycles. The van der Waals surface area contributed by atoms with Gasteiger partial charge in [0.05, 0.1) is 6.10 Å². The summed E-state index contributed by atoms with van der Waals surface area (Å²) >= 11 is 0. The van der Waals surface area contributed by atoms with E-state index >= 15 is 0 Å². The molecule has 1 aliphatic carbocycles. The molecular formula is C20H31ClN2O2. The Labute approximate surface area is 157 Å². The number of amides is 1. The molecule has 2 fully saturated rings. The van der Waals surface area contributed by atoms with Gasteiger partial charge in [-0.25, -0.2) is 0 Å². The molecule has 0 bridgehead atoms. The van der Waals surface area contributed by atoms with Crippen molar-refractivity contribution in [1.29, 1.82) is 0 Å². The zero-order chi connectivity index (χ0) is 16.8. The van der Waals surface area contributed by atoms with Crippen molar-refractivity contribution in [3.05, 3.63) is 24.3 Å². The number of hydrogen-bond donors (Lipinski definition) is 2. The summed E-state index contributed by atoms with van der Waals surface area (Å²) in [4.78, 5) is 12.3. The molecule has 1 amide bonds. The van der Waals surface area contributed by atoms with Gasteiger partial charge >= 0.3 is 0 Å². The number of anilines is 1. The van der Waals surface area contributed by atoms with Crippen molar-refractivity contribution in [2.24, 2.45) is 11.8 Å². The minimum atomic E-state index is 0. The normalized spacial score (nSPS) is 22.0. The Balaban J connectivity index is 0.00000225. The van der Waals surface area contributed by atoms with Crippen LogP contribution in [0.25, 0.3) is 0 Å². The first-order valence-corrected chi connectivity index (χ1v) is 9.48. The number of nitrogens with one attached hydrogen (secondary N) is 2. The molecule has 3 rings (SSSR count). The molecule has 2 atom stereocenters. The van der Waals surface area contributed by atoms with Crippen LogP contribution < -0.4 is 15.4 Å². The third-order valence-electron chi connectivity index (χ3n) is 5.37. The highest BCUT2D eigenvalue weighted by Gasteiger charge is 2.22. The third-order valence-corrected chi connectivity index (χ3v) is 5.37. The third kappa shape index (κ3) is 6.19. The molecule has 140 valence electrons. The average molecular weight is 367 g/mol. The maximum absolute atomic E-state index is 12.3. The lowest BCUT2D eigenvalue weighted by Gasteiger charge is -2.28. The van der Waals surface area contributed by atoms with Gasteiger partial charge in [-0.1, -0.05) is 13.0 Å². The molecule has 0 radical (unpaired) electrons. The van der Waals surface area contributed by atoms with Gasteiger partial charge in [0, 0.05) is 18.2 Å². The number of piperidine rings is 1. The second-order valence-electron chi connectivity index (χ2n) is 7.39. The summed E-state index contributed by atoms with van der Waals surface area (Å²) in [6.07, 6.45) is 8.18. The van der Waals surface area contributed by atoms with Crippen molar-refractivity contribution in [2.45, 2.75) is 58.0 Å². The minimum absolute atomic E-state index is 0. The molecular weight excluding hydrogens is 336 g/mol. The Morgan fingerprint density at radius 2 is 2.08 bits per heavy atom. The van der Waals surface area contributed by atoms with Gasteiger partial charge in [-0.3, -0.25) is 4.79 Å². The van der Waals surface area contributed by atoms with Crippen molar-refractivity contribution >= 4 is 24.0 Å². The molecule has 0 aromatic heterocycles. The summed E-state index contributed by atoms with van der Waals surface area (Å²) < 4.78 is 6.01. The van der Waals surface area contributed by atoms with Crippen molar-refractivity contribution in [1.82, 2.24) is 5.32 Å². The van der Waals surface area contributed by atoms with Crippen molar-refractivity contribution < 1.29 is 9.53 Å². The largest absolute Gasteiger partial charge is 0.490 e. The van der Waals surface area contributed by atoms with E-state index in [0.717, 1.165) is 37.4 Å². The smallest absolute Gasteiger partial charge is 0.224 e. The van der Waals surface area contributed by atoms with E-state index in [1.54, 1.807) is 0 Å². The first-order chi connectivity index (χ1) is 11.7. The number of rotatable bonds is 6. The summed E-state index contributed by atoms with van der Waals surface area (Å²) in [5, 5.41) is 6.47. The molecule has 2 unspecified atom stereocenters. The van der Waals surface area contributed by atoms with Crippen LogP contribution in [0, 0.1) is 11.8 Å². The lowest BCUT2D eigenvalue weighted by molar-refractivity contribution is -0.117. The Hall–Kier alpha value is -1.26. The molecule has 5 heteroatoms. The monoisotopic (exact) mass is 366 g/mol. The van der Waals surface area contributed by atoms with E-state index in [4.69, 9.17) is 4.74 Å². The molecule has 1 saturated carbocycles. The molecule has 1 aromatic rings. The van der Waals surface area contributed by atoms with Crippen LogP contribution in [0.2, 0.25) is 0 Å². The molecule has 4 nitrogen and oxygen atoms in total. The van der Waals surface area contributed by atoms with Gasteiger partial charge in [0.25, 0.3) is 0 Å². The van der Waals surface area contributed by atoms with Gasteiger partial charge in [-0.2, -0.15) is 0 Å². The van der Waals surface area contributed by atoms with E-state index in [0.29, 0.717) is 24.4 Å². The second-order valence-corrected chi connectivity index (χ2v) is 7.39. The predicted molar refractivity (Wildman–Crippen MR) is 105 cm³/mol. The van der Waals surface area contributed by atoms with Crippen molar-refractivity contribution in [2.75, 3.05) is 18.4 Å². The maximum atomic E-state index is 12.3. The molecule has 1 aromatic carbocycles. The number of carbonyl (C=O) groups excluding carboxylic acids is 1. The number of ether oxygens (including phenoxy) is 1. The van der Waals surface area contributed by atoms with Crippen LogP contribution >= 0.6 is 12.4 Å². The zero-order valence-corrected chi connectivity index (χ0v) is 15.9. The van der Waals surface area contributed by atoms with Gasteiger partial charge in [0.1, 0.15) is 5.75 Å². The average Bonchev–Trinajstić information content (AvgIpc) is 3.09. The van der Waals surface area contributed by atoms with Crippen molar-refractivity contribution in [3.63, 3.8) is 0 Å². The Bertz CT molecular complexity index is 540. The molecule has 1 aliphatic heterocycles. The van der Waals surface area contributed by atoms with Gasteiger partial charge in [0.15, 0.2) is 0 Å². The number of benzene rings is 1. The number of hydrogen-bond acceptors (Lipinski definition) is 3. The first-order valence-electron chi connectivity index (χ1n) is 9.48. The standard InChI is InChI=1S/C20H30N2O2.ClH/c1-15(16-6-5-11-21-14-16)12-20(23)22-17-7-4-10-19(13-17)24-18-8-2-3-9-18;/h4,7,10,13,15-16,18,21H,2-3,5-6,8-9,11-12,14H2,1H3,(H,22,23);1H. The highest BCUT2D eigenvalue weighted by molar-refractivity contribution is 5.91. The van der Waals surface area contributed by atoms with E-state index in [2.05, 4.69) is 17.6 Å². The van der Waals surface area contributed by atoms with Crippen LogP contribution in [-0.4, -0.2) is 25.1 Å². The summed E-state index contributed by atoms with van der Waals surface area (Å²) in [5.41, 5.74) is 0.837. The van der Waals surface area contributed by atoms with E-state index < -0.39 is 0 Å². The second kappa shape index (κ2) is 10.0. The summed E-state index contributed by atoms with van der Waals surface area (Å²) in [7, 11) is 0. The van der Waals surface area contributed by atoms with Crippen LogP contribution in [0.5, 0.6) is 5.75 Å². The molecule has 0 spiro atoms. The SMILES string of the molecule is CC(CC(=O)Nc1cccc(OC2CCCC2)c1)C1CCCNC1.Cl. The summed E-state index contributed by atoms with van der Waals surface area (Å²) in [5.74, 6) is 1.99. The summed E-state index contributed by atoms with van der Waals surface area (Å²) in [6, 6.07) is 7.81. The van der Waals surface area contributed by atoms with Gasteiger partial charge in [-0.15, -0.1) is 12.4 Å². The molecule has 2 aliphatic rings. The fourth-order valence-corrected chi connectivity index (χ4v) is 3.88. The topological polar surface area (TPSA) is 50.4 Å². The predicted octanol–water partition coefficient (Wildman–Crippen LogP) is 4.39. The van der Waals surface area contributed by atoms with E-state index in [-0.39, 0.29) is 18.3 Å². The minimum Gasteiger partial charge on any atom is -0.490 e. The van der Waals surface area contributed by atoms with Crippen LogP contribution in [-0.2, 0) is 4.79 Å².